The summed E-state index contributed by atoms with van der Waals surface area (Å²) >= 11 is 1.73. The summed E-state index contributed by atoms with van der Waals surface area (Å²) < 4.78 is 5.49. The summed E-state index contributed by atoms with van der Waals surface area (Å²) in [5.41, 5.74) is 8.57. The van der Waals surface area contributed by atoms with Crippen molar-refractivity contribution in [2.75, 3.05) is 6.61 Å². The molecule has 2 rings (SSSR count). The highest BCUT2D eigenvalue weighted by Gasteiger charge is 2.12. The van der Waals surface area contributed by atoms with Crippen molar-refractivity contribution < 1.29 is 4.74 Å². The summed E-state index contributed by atoms with van der Waals surface area (Å²) in [4.78, 5) is 1.28. The van der Waals surface area contributed by atoms with E-state index < -0.39 is 0 Å². The molecular formula is C14H17NOS. The molecule has 0 saturated carbocycles. The van der Waals surface area contributed by atoms with Gasteiger partial charge in [-0.25, -0.2) is 0 Å². The molecule has 1 aromatic heterocycles. The zero-order chi connectivity index (χ0) is 12.3. The number of aryl methyl sites for hydroxylation is 1. The van der Waals surface area contributed by atoms with E-state index in [2.05, 4.69) is 18.4 Å². The van der Waals surface area contributed by atoms with E-state index in [0.717, 1.165) is 11.3 Å². The van der Waals surface area contributed by atoms with E-state index in [1.807, 2.05) is 31.2 Å². The third kappa shape index (κ3) is 2.68. The SMILES string of the molecule is CCOc1cccc(C(N)c2ccsc2C)c1. The van der Waals surface area contributed by atoms with Gasteiger partial charge in [-0.1, -0.05) is 12.1 Å². The van der Waals surface area contributed by atoms with Crippen LogP contribution in [0, 0.1) is 6.92 Å². The quantitative estimate of drug-likeness (QED) is 0.897. The first kappa shape index (κ1) is 12.1. The van der Waals surface area contributed by atoms with Gasteiger partial charge < -0.3 is 10.5 Å². The molecule has 0 radical (unpaired) electrons. The van der Waals surface area contributed by atoms with E-state index in [0.29, 0.717) is 6.61 Å². The first-order valence-corrected chi connectivity index (χ1v) is 6.62. The number of ether oxygens (including phenoxy) is 1. The van der Waals surface area contributed by atoms with E-state index in [-0.39, 0.29) is 6.04 Å². The lowest BCUT2D eigenvalue weighted by atomic mass is 10.0. The second-order valence-electron chi connectivity index (χ2n) is 3.92. The van der Waals surface area contributed by atoms with Gasteiger partial charge in [0.15, 0.2) is 0 Å². The van der Waals surface area contributed by atoms with Gasteiger partial charge in [0, 0.05) is 4.88 Å². The third-order valence-corrected chi connectivity index (χ3v) is 3.62. The fourth-order valence-electron chi connectivity index (χ4n) is 1.86. The van der Waals surface area contributed by atoms with E-state index >= 15 is 0 Å². The van der Waals surface area contributed by atoms with Crippen molar-refractivity contribution in [3.63, 3.8) is 0 Å². The third-order valence-electron chi connectivity index (χ3n) is 2.76. The monoisotopic (exact) mass is 247 g/mol. The maximum Gasteiger partial charge on any atom is 0.119 e. The highest BCUT2D eigenvalue weighted by molar-refractivity contribution is 7.10. The molecule has 0 saturated heterocycles. The van der Waals surface area contributed by atoms with Gasteiger partial charge in [0.05, 0.1) is 12.6 Å². The van der Waals surface area contributed by atoms with E-state index in [9.17, 15) is 0 Å². The zero-order valence-electron chi connectivity index (χ0n) is 10.1. The molecule has 0 spiro atoms. The van der Waals surface area contributed by atoms with Crippen LogP contribution >= 0.6 is 11.3 Å². The molecule has 0 aliphatic heterocycles. The van der Waals surface area contributed by atoms with Crippen LogP contribution in [-0.2, 0) is 0 Å². The van der Waals surface area contributed by atoms with Gasteiger partial charge in [0.2, 0.25) is 0 Å². The van der Waals surface area contributed by atoms with Gasteiger partial charge in [-0.2, -0.15) is 0 Å². The maximum atomic E-state index is 6.28. The molecule has 90 valence electrons. The zero-order valence-corrected chi connectivity index (χ0v) is 11.0. The Morgan fingerprint density at radius 3 is 2.82 bits per heavy atom. The van der Waals surface area contributed by atoms with Crippen LogP contribution in [0.15, 0.2) is 35.7 Å². The molecule has 1 aromatic carbocycles. The van der Waals surface area contributed by atoms with Crippen molar-refractivity contribution in [2.45, 2.75) is 19.9 Å². The standard InChI is InChI=1S/C14H17NOS/c1-3-16-12-6-4-5-11(9-12)14(15)13-7-8-17-10(13)2/h4-9,14H,3,15H2,1-2H3. The van der Waals surface area contributed by atoms with E-state index in [1.165, 1.54) is 10.4 Å². The second kappa shape index (κ2) is 5.34. The summed E-state index contributed by atoms with van der Waals surface area (Å²) in [6, 6.07) is 10.0. The fourth-order valence-corrected chi connectivity index (χ4v) is 2.61. The summed E-state index contributed by atoms with van der Waals surface area (Å²) in [7, 11) is 0. The normalized spacial score (nSPS) is 12.4. The van der Waals surface area contributed by atoms with Crippen molar-refractivity contribution in [1.29, 1.82) is 0 Å². The average molecular weight is 247 g/mol. The molecule has 0 amide bonds. The van der Waals surface area contributed by atoms with Gasteiger partial charge in [-0.05, 0) is 48.6 Å². The second-order valence-corrected chi connectivity index (χ2v) is 5.04. The first-order valence-electron chi connectivity index (χ1n) is 5.74. The van der Waals surface area contributed by atoms with Crippen LogP contribution in [0.1, 0.15) is 29.0 Å². The van der Waals surface area contributed by atoms with Crippen molar-refractivity contribution in [3.05, 3.63) is 51.7 Å². The van der Waals surface area contributed by atoms with Gasteiger partial charge in [0.1, 0.15) is 5.75 Å². The lowest BCUT2D eigenvalue weighted by Crippen LogP contribution is -2.12. The molecule has 3 heteroatoms. The van der Waals surface area contributed by atoms with Crippen molar-refractivity contribution in [1.82, 2.24) is 0 Å². The van der Waals surface area contributed by atoms with Gasteiger partial charge in [0.25, 0.3) is 0 Å². The Hall–Kier alpha value is -1.32. The highest BCUT2D eigenvalue weighted by atomic mass is 32.1. The van der Waals surface area contributed by atoms with Crippen LogP contribution in [0.4, 0.5) is 0 Å². The Balaban J connectivity index is 2.28. The fraction of sp³-hybridized carbons (Fsp3) is 0.286. The Labute approximate surface area is 106 Å². The number of thiophene rings is 1. The van der Waals surface area contributed by atoms with Gasteiger partial charge in [-0.15, -0.1) is 11.3 Å². The molecule has 0 aliphatic rings. The van der Waals surface area contributed by atoms with Crippen LogP contribution in [0.2, 0.25) is 0 Å². The Morgan fingerprint density at radius 1 is 1.35 bits per heavy atom. The molecule has 0 fully saturated rings. The lowest BCUT2D eigenvalue weighted by Gasteiger charge is -2.13. The summed E-state index contributed by atoms with van der Waals surface area (Å²) in [6.45, 7) is 4.76. The number of nitrogens with two attached hydrogens (primary N) is 1. The first-order chi connectivity index (χ1) is 8.22. The van der Waals surface area contributed by atoms with Crippen LogP contribution in [-0.4, -0.2) is 6.61 Å². The molecule has 2 N–H and O–H groups in total. The number of rotatable bonds is 4. The van der Waals surface area contributed by atoms with Crippen LogP contribution in [0.5, 0.6) is 5.75 Å². The minimum Gasteiger partial charge on any atom is -0.494 e. The van der Waals surface area contributed by atoms with Gasteiger partial charge in [-0.3, -0.25) is 0 Å². The van der Waals surface area contributed by atoms with Crippen LogP contribution in [0.3, 0.4) is 0 Å². The van der Waals surface area contributed by atoms with Crippen molar-refractivity contribution >= 4 is 11.3 Å². The molecule has 0 aliphatic carbocycles. The number of hydrogen-bond acceptors (Lipinski definition) is 3. The molecule has 1 atom stereocenters. The summed E-state index contributed by atoms with van der Waals surface area (Å²) in [6.07, 6.45) is 0. The molecule has 17 heavy (non-hydrogen) atoms. The topological polar surface area (TPSA) is 35.2 Å². The smallest absolute Gasteiger partial charge is 0.119 e. The molecule has 0 bridgehead atoms. The van der Waals surface area contributed by atoms with Gasteiger partial charge >= 0.3 is 0 Å². The minimum absolute atomic E-state index is 0.0679. The predicted octanol–water partition coefficient (Wildman–Crippen LogP) is 3.50. The van der Waals surface area contributed by atoms with Crippen molar-refractivity contribution in [3.8, 4) is 5.75 Å². The van der Waals surface area contributed by atoms with Crippen molar-refractivity contribution in [2.24, 2.45) is 5.73 Å². The number of benzene rings is 1. The predicted molar refractivity (Wildman–Crippen MR) is 72.7 cm³/mol. The molecule has 1 heterocycles. The lowest BCUT2D eigenvalue weighted by molar-refractivity contribution is 0.340. The van der Waals surface area contributed by atoms with E-state index in [1.54, 1.807) is 11.3 Å². The number of hydrogen-bond donors (Lipinski definition) is 1. The molecule has 2 aromatic rings. The van der Waals surface area contributed by atoms with Crippen LogP contribution < -0.4 is 10.5 Å². The highest BCUT2D eigenvalue weighted by Crippen LogP contribution is 2.27. The summed E-state index contributed by atoms with van der Waals surface area (Å²) in [5, 5.41) is 2.08. The van der Waals surface area contributed by atoms with E-state index in [4.69, 9.17) is 10.5 Å². The molecule has 1 unspecified atom stereocenters. The Kier molecular flexibility index (Phi) is 3.82. The molecular weight excluding hydrogens is 230 g/mol. The average Bonchev–Trinajstić information content (AvgIpc) is 2.75. The summed E-state index contributed by atoms with van der Waals surface area (Å²) in [5.74, 6) is 0.883. The Morgan fingerprint density at radius 2 is 2.18 bits per heavy atom. The minimum atomic E-state index is -0.0679. The molecule has 2 nitrogen and oxygen atoms in total. The largest absolute Gasteiger partial charge is 0.494 e. The van der Waals surface area contributed by atoms with Crippen LogP contribution in [0.25, 0.3) is 0 Å². The Bertz CT molecular complexity index is 492. The maximum absolute atomic E-state index is 6.28.